The Morgan fingerprint density at radius 3 is 2.33 bits per heavy atom. The summed E-state index contributed by atoms with van der Waals surface area (Å²) in [5.74, 6) is 1.25. The number of benzene rings is 1. The summed E-state index contributed by atoms with van der Waals surface area (Å²) in [5, 5.41) is 4.68. The first kappa shape index (κ1) is 18.1. The molecule has 3 amide bonds. The Balaban J connectivity index is 2.07. The van der Waals surface area contributed by atoms with Gasteiger partial charge in [0.15, 0.2) is 18.0 Å². The maximum Gasteiger partial charge on any atom is 0.321 e. The van der Waals surface area contributed by atoms with Crippen molar-refractivity contribution in [3.63, 3.8) is 0 Å². The molecule has 0 aliphatic carbocycles. The quantitative estimate of drug-likeness (QED) is 0.677. The monoisotopic (exact) mass is 336 g/mol. The number of urea groups is 1. The Bertz CT molecular complexity index is 604. The Morgan fingerprint density at radius 2 is 1.75 bits per heavy atom. The van der Waals surface area contributed by atoms with Crippen LogP contribution < -0.4 is 25.0 Å². The summed E-state index contributed by atoms with van der Waals surface area (Å²) in [4.78, 5) is 24.2. The van der Waals surface area contributed by atoms with Gasteiger partial charge in [0.05, 0.1) is 19.8 Å². The number of ether oxygens (including phenoxy) is 2. The number of rotatable bonds is 6. The molecule has 1 aliphatic rings. The number of quaternary nitrogens is 1. The molecule has 0 saturated heterocycles. The molecule has 1 atom stereocenters. The Hall–Kier alpha value is -2.28. The second-order valence-corrected chi connectivity index (χ2v) is 5.66. The molecule has 1 heterocycles. The largest absolute Gasteiger partial charge is 0.490 e. The van der Waals surface area contributed by atoms with Crippen molar-refractivity contribution in [2.45, 2.75) is 26.8 Å². The zero-order valence-corrected chi connectivity index (χ0v) is 14.5. The SMILES string of the molecule is CCOc1cc2c(cc1OCC)C[NH+](CC(=O)NC(=O)NC)CC2. The number of nitrogens with one attached hydrogen (secondary N) is 3. The van der Waals surface area contributed by atoms with E-state index in [2.05, 4.69) is 10.6 Å². The average molecular weight is 336 g/mol. The van der Waals surface area contributed by atoms with Crippen molar-refractivity contribution in [3.8, 4) is 11.5 Å². The molecule has 2 rings (SSSR count). The van der Waals surface area contributed by atoms with Gasteiger partial charge in [0.2, 0.25) is 0 Å². The highest BCUT2D eigenvalue weighted by molar-refractivity contribution is 5.94. The molecular formula is C17H26N3O4+. The van der Waals surface area contributed by atoms with Crippen LogP contribution in [0.1, 0.15) is 25.0 Å². The van der Waals surface area contributed by atoms with E-state index in [1.807, 2.05) is 26.0 Å². The summed E-state index contributed by atoms with van der Waals surface area (Å²) in [7, 11) is 1.48. The minimum atomic E-state index is -0.475. The highest BCUT2D eigenvalue weighted by Gasteiger charge is 2.24. The fourth-order valence-electron chi connectivity index (χ4n) is 2.86. The summed E-state index contributed by atoms with van der Waals surface area (Å²) in [6, 6.07) is 3.59. The van der Waals surface area contributed by atoms with E-state index >= 15 is 0 Å². The number of hydrogen-bond acceptors (Lipinski definition) is 4. The molecule has 0 radical (unpaired) electrons. The van der Waals surface area contributed by atoms with Crippen LogP contribution in [-0.2, 0) is 17.8 Å². The first-order valence-electron chi connectivity index (χ1n) is 8.33. The molecule has 0 aromatic heterocycles. The smallest absolute Gasteiger partial charge is 0.321 e. The average Bonchev–Trinajstić information content (AvgIpc) is 2.55. The molecule has 1 aromatic carbocycles. The van der Waals surface area contributed by atoms with Crippen LogP contribution >= 0.6 is 0 Å². The molecule has 0 saturated carbocycles. The second kappa shape index (κ2) is 8.54. The van der Waals surface area contributed by atoms with Crippen molar-refractivity contribution in [3.05, 3.63) is 23.3 Å². The lowest BCUT2D eigenvalue weighted by molar-refractivity contribution is -0.908. The third-order valence-electron chi connectivity index (χ3n) is 3.94. The molecule has 7 nitrogen and oxygen atoms in total. The number of carbonyl (C=O) groups is 2. The summed E-state index contributed by atoms with van der Waals surface area (Å²) in [5.41, 5.74) is 2.40. The normalized spacial score (nSPS) is 16.0. The number of carbonyl (C=O) groups excluding carboxylic acids is 2. The maximum atomic E-state index is 11.9. The number of imide groups is 1. The fourth-order valence-corrected chi connectivity index (χ4v) is 2.86. The molecular weight excluding hydrogens is 310 g/mol. The summed E-state index contributed by atoms with van der Waals surface area (Å²) in [6.07, 6.45) is 0.865. The van der Waals surface area contributed by atoms with E-state index in [1.54, 1.807) is 0 Å². The van der Waals surface area contributed by atoms with Crippen molar-refractivity contribution in [2.75, 3.05) is 33.4 Å². The number of amides is 3. The predicted octanol–water partition coefficient (Wildman–Crippen LogP) is -0.119. The van der Waals surface area contributed by atoms with Crippen LogP contribution in [0.3, 0.4) is 0 Å². The van der Waals surface area contributed by atoms with Crippen LogP contribution in [0.2, 0.25) is 0 Å². The third kappa shape index (κ3) is 4.61. The Kier molecular flexibility index (Phi) is 6.43. The Morgan fingerprint density at radius 1 is 1.12 bits per heavy atom. The molecule has 0 bridgehead atoms. The van der Waals surface area contributed by atoms with Gasteiger partial charge in [0, 0.05) is 19.0 Å². The van der Waals surface area contributed by atoms with Crippen molar-refractivity contribution >= 4 is 11.9 Å². The molecule has 132 valence electrons. The topological polar surface area (TPSA) is 81.1 Å². The van der Waals surface area contributed by atoms with Gasteiger partial charge in [-0.1, -0.05) is 0 Å². The van der Waals surface area contributed by atoms with E-state index in [0.29, 0.717) is 13.2 Å². The van der Waals surface area contributed by atoms with Gasteiger partial charge in [0.1, 0.15) is 6.54 Å². The van der Waals surface area contributed by atoms with Crippen molar-refractivity contribution < 1.29 is 24.0 Å². The van der Waals surface area contributed by atoms with Crippen LogP contribution in [0.25, 0.3) is 0 Å². The predicted molar refractivity (Wildman–Crippen MR) is 89.5 cm³/mol. The van der Waals surface area contributed by atoms with Crippen molar-refractivity contribution in [2.24, 2.45) is 0 Å². The van der Waals surface area contributed by atoms with Crippen LogP contribution in [0.4, 0.5) is 4.79 Å². The molecule has 3 N–H and O–H groups in total. The van der Waals surface area contributed by atoms with Gasteiger partial charge in [0.25, 0.3) is 5.91 Å². The zero-order chi connectivity index (χ0) is 17.5. The van der Waals surface area contributed by atoms with E-state index in [-0.39, 0.29) is 12.5 Å². The molecule has 0 fully saturated rings. The van der Waals surface area contributed by atoms with Crippen LogP contribution in [-0.4, -0.2) is 45.3 Å². The van der Waals surface area contributed by atoms with E-state index in [0.717, 1.165) is 41.5 Å². The highest BCUT2D eigenvalue weighted by Crippen LogP contribution is 2.32. The summed E-state index contributed by atoms with van der Waals surface area (Å²) in [6.45, 7) is 6.89. The number of fused-ring (bicyclic) bond motifs is 1. The second-order valence-electron chi connectivity index (χ2n) is 5.66. The van der Waals surface area contributed by atoms with Gasteiger partial charge in [-0.25, -0.2) is 4.79 Å². The fraction of sp³-hybridized carbons (Fsp3) is 0.529. The van der Waals surface area contributed by atoms with E-state index in [4.69, 9.17) is 9.47 Å². The molecule has 1 unspecified atom stereocenters. The molecule has 7 heteroatoms. The van der Waals surface area contributed by atoms with Crippen LogP contribution in [0.5, 0.6) is 11.5 Å². The van der Waals surface area contributed by atoms with Gasteiger partial charge < -0.3 is 19.7 Å². The van der Waals surface area contributed by atoms with Gasteiger partial charge in [-0.15, -0.1) is 0 Å². The first-order valence-corrected chi connectivity index (χ1v) is 8.33. The minimum absolute atomic E-state index is 0.268. The van der Waals surface area contributed by atoms with Gasteiger partial charge in [-0.05, 0) is 31.5 Å². The highest BCUT2D eigenvalue weighted by atomic mass is 16.5. The zero-order valence-electron chi connectivity index (χ0n) is 14.5. The van der Waals surface area contributed by atoms with Crippen LogP contribution in [0.15, 0.2) is 12.1 Å². The summed E-state index contributed by atoms with van der Waals surface area (Å²) >= 11 is 0. The van der Waals surface area contributed by atoms with E-state index in [1.165, 1.54) is 12.6 Å². The lowest BCUT2D eigenvalue weighted by Crippen LogP contribution is -3.13. The molecule has 1 aromatic rings. The lowest BCUT2D eigenvalue weighted by atomic mass is 9.99. The van der Waals surface area contributed by atoms with E-state index < -0.39 is 6.03 Å². The third-order valence-corrected chi connectivity index (χ3v) is 3.94. The molecule has 0 spiro atoms. The van der Waals surface area contributed by atoms with Gasteiger partial charge in [-0.2, -0.15) is 0 Å². The number of hydrogen-bond donors (Lipinski definition) is 3. The Labute approximate surface area is 142 Å². The van der Waals surface area contributed by atoms with Crippen LogP contribution in [0, 0.1) is 0 Å². The van der Waals surface area contributed by atoms with Crippen molar-refractivity contribution in [1.82, 2.24) is 10.6 Å². The van der Waals surface area contributed by atoms with Gasteiger partial charge >= 0.3 is 6.03 Å². The van der Waals surface area contributed by atoms with Crippen molar-refractivity contribution in [1.29, 1.82) is 0 Å². The summed E-state index contributed by atoms with van der Waals surface area (Å²) < 4.78 is 11.3. The molecule has 1 aliphatic heterocycles. The molecule has 24 heavy (non-hydrogen) atoms. The minimum Gasteiger partial charge on any atom is -0.490 e. The standard InChI is InChI=1S/C17H25N3O4/c1-4-23-14-8-12-6-7-20(11-16(21)19-17(22)18-3)10-13(12)9-15(14)24-5-2/h8-9H,4-7,10-11H2,1-3H3,(H2,18,19,21,22)/p+1. The first-order chi connectivity index (χ1) is 11.6. The lowest BCUT2D eigenvalue weighted by Gasteiger charge is -2.26. The van der Waals surface area contributed by atoms with E-state index in [9.17, 15) is 9.59 Å². The van der Waals surface area contributed by atoms with Gasteiger partial charge in [-0.3, -0.25) is 10.1 Å². The maximum absolute atomic E-state index is 11.9.